The maximum atomic E-state index is 5.77. The van der Waals surface area contributed by atoms with Crippen LogP contribution in [0.3, 0.4) is 0 Å². The summed E-state index contributed by atoms with van der Waals surface area (Å²) in [5.41, 5.74) is 8.84. The molecule has 0 unspecified atom stereocenters. The van der Waals surface area contributed by atoms with Crippen molar-refractivity contribution < 1.29 is 0 Å². The standard InChI is InChI=1S/C12H15N3/c1-2-12-14-10-7-8(13)3-6-11(10)15(12)9-4-5-9/h3,6-7,9H,2,4-5,13H2,1H3. The van der Waals surface area contributed by atoms with Gasteiger partial charge in [-0.15, -0.1) is 0 Å². The Labute approximate surface area is 88.9 Å². The van der Waals surface area contributed by atoms with Gasteiger partial charge in [0, 0.05) is 18.2 Å². The molecule has 78 valence electrons. The average Bonchev–Trinajstić information content (AvgIpc) is 2.99. The topological polar surface area (TPSA) is 43.8 Å². The van der Waals surface area contributed by atoms with Crippen molar-refractivity contribution in [2.75, 3.05) is 5.73 Å². The van der Waals surface area contributed by atoms with Gasteiger partial charge in [0.1, 0.15) is 5.82 Å². The molecule has 3 heteroatoms. The normalized spacial score (nSPS) is 16.1. The van der Waals surface area contributed by atoms with Gasteiger partial charge in [0.15, 0.2) is 0 Å². The molecule has 1 aromatic carbocycles. The number of nitrogens with zero attached hydrogens (tertiary/aromatic N) is 2. The van der Waals surface area contributed by atoms with Crippen molar-refractivity contribution in [3.8, 4) is 0 Å². The van der Waals surface area contributed by atoms with Crippen molar-refractivity contribution >= 4 is 16.7 Å². The number of benzene rings is 1. The molecule has 2 aromatic rings. The summed E-state index contributed by atoms with van der Waals surface area (Å²) in [5, 5.41) is 0. The van der Waals surface area contributed by atoms with Crippen LogP contribution in [0.2, 0.25) is 0 Å². The van der Waals surface area contributed by atoms with Crippen molar-refractivity contribution in [1.82, 2.24) is 9.55 Å². The van der Waals surface area contributed by atoms with Gasteiger partial charge in [-0.3, -0.25) is 0 Å². The number of nitrogen functional groups attached to an aromatic ring is 1. The molecule has 1 fully saturated rings. The lowest BCUT2D eigenvalue weighted by Crippen LogP contribution is -1.99. The highest BCUT2D eigenvalue weighted by Crippen LogP contribution is 2.38. The molecule has 0 saturated heterocycles. The van der Waals surface area contributed by atoms with Crippen LogP contribution in [0.15, 0.2) is 18.2 Å². The molecular weight excluding hydrogens is 186 g/mol. The minimum atomic E-state index is 0.688. The van der Waals surface area contributed by atoms with Gasteiger partial charge >= 0.3 is 0 Å². The fourth-order valence-corrected chi connectivity index (χ4v) is 2.16. The van der Waals surface area contributed by atoms with E-state index in [0.717, 1.165) is 17.6 Å². The Kier molecular flexibility index (Phi) is 1.75. The first-order chi connectivity index (χ1) is 7.29. The van der Waals surface area contributed by atoms with Gasteiger partial charge in [-0.1, -0.05) is 6.92 Å². The van der Waals surface area contributed by atoms with Gasteiger partial charge in [-0.2, -0.15) is 0 Å². The molecule has 3 nitrogen and oxygen atoms in total. The fourth-order valence-electron chi connectivity index (χ4n) is 2.16. The Morgan fingerprint density at radius 3 is 2.93 bits per heavy atom. The number of anilines is 1. The van der Waals surface area contributed by atoms with E-state index < -0.39 is 0 Å². The summed E-state index contributed by atoms with van der Waals surface area (Å²) in [6.45, 7) is 2.16. The lowest BCUT2D eigenvalue weighted by atomic mass is 10.3. The Morgan fingerprint density at radius 2 is 2.27 bits per heavy atom. The minimum absolute atomic E-state index is 0.688. The van der Waals surface area contributed by atoms with Gasteiger partial charge in [0.05, 0.1) is 11.0 Å². The van der Waals surface area contributed by atoms with E-state index in [4.69, 9.17) is 5.73 Å². The number of rotatable bonds is 2. The highest BCUT2D eigenvalue weighted by atomic mass is 15.1. The third-order valence-corrected chi connectivity index (χ3v) is 3.01. The molecule has 0 aliphatic heterocycles. The number of imidazole rings is 1. The predicted molar refractivity (Wildman–Crippen MR) is 61.8 cm³/mol. The van der Waals surface area contributed by atoms with E-state index in [9.17, 15) is 0 Å². The second kappa shape index (κ2) is 2.99. The van der Waals surface area contributed by atoms with Gasteiger partial charge in [-0.25, -0.2) is 4.98 Å². The maximum absolute atomic E-state index is 5.77. The molecule has 0 bridgehead atoms. The molecule has 1 saturated carbocycles. The van der Waals surface area contributed by atoms with E-state index in [1.807, 2.05) is 12.1 Å². The number of hydrogen-bond donors (Lipinski definition) is 1. The largest absolute Gasteiger partial charge is 0.399 e. The molecule has 1 heterocycles. The number of aromatic nitrogens is 2. The van der Waals surface area contributed by atoms with Crippen LogP contribution in [-0.2, 0) is 6.42 Å². The Bertz CT molecular complexity index is 509. The average molecular weight is 201 g/mol. The maximum Gasteiger partial charge on any atom is 0.109 e. The number of aryl methyl sites for hydroxylation is 1. The zero-order chi connectivity index (χ0) is 10.4. The molecule has 1 aliphatic carbocycles. The summed E-state index contributed by atoms with van der Waals surface area (Å²) >= 11 is 0. The van der Waals surface area contributed by atoms with Gasteiger partial charge in [-0.05, 0) is 31.0 Å². The van der Waals surface area contributed by atoms with Crippen LogP contribution in [-0.4, -0.2) is 9.55 Å². The lowest BCUT2D eigenvalue weighted by molar-refractivity contribution is 0.708. The van der Waals surface area contributed by atoms with E-state index in [-0.39, 0.29) is 0 Å². The van der Waals surface area contributed by atoms with Gasteiger partial charge in [0.25, 0.3) is 0 Å². The molecule has 1 aromatic heterocycles. The van der Waals surface area contributed by atoms with Crippen LogP contribution in [0.1, 0.15) is 31.6 Å². The van der Waals surface area contributed by atoms with Crippen molar-refractivity contribution in [2.45, 2.75) is 32.2 Å². The van der Waals surface area contributed by atoms with Crippen LogP contribution in [0.5, 0.6) is 0 Å². The minimum Gasteiger partial charge on any atom is -0.399 e. The first kappa shape index (κ1) is 8.77. The van der Waals surface area contributed by atoms with Gasteiger partial charge < -0.3 is 10.3 Å². The van der Waals surface area contributed by atoms with Crippen molar-refractivity contribution in [3.63, 3.8) is 0 Å². The molecule has 1 aliphatic rings. The molecule has 2 N–H and O–H groups in total. The molecule has 0 amide bonds. The monoisotopic (exact) mass is 201 g/mol. The number of nitrogens with two attached hydrogens (primary N) is 1. The van der Waals surface area contributed by atoms with Crippen molar-refractivity contribution in [2.24, 2.45) is 0 Å². The second-order valence-corrected chi connectivity index (χ2v) is 4.23. The summed E-state index contributed by atoms with van der Waals surface area (Å²) in [7, 11) is 0. The molecule has 0 radical (unpaired) electrons. The zero-order valence-electron chi connectivity index (χ0n) is 8.90. The quantitative estimate of drug-likeness (QED) is 0.759. The van der Waals surface area contributed by atoms with E-state index in [1.54, 1.807) is 0 Å². The van der Waals surface area contributed by atoms with Gasteiger partial charge in [0.2, 0.25) is 0 Å². The fraction of sp³-hybridized carbons (Fsp3) is 0.417. The van der Waals surface area contributed by atoms with E-state index in [0.29, 0.717) is 6.04 Å². The number of fused-ring (bicyclic) bond motifs is 1. The Morgan fingerprint density at radius 1 is 1.47 bits per heavy atom. The van der Waals surface area contributed by atoms with Crippen molar-refractivity contribution in [3.05, 3.63) is 24.0 Å². The Hall–Kier alpha value is -1.51. The van der Waals surface area contributed by atoms with Crippen LogP contribution in [0.4, 0.5) is 5.69 Å². The van der Waals surface area contributed by atoms with E-state index in [1.165, 1.54) is 24.2 Å². The SMILES string of the molecule is CCc1nc2cc(N)ccc2n1C1CC1. The summed E-state index contributed by atoms with van der Waals surface area (Å²) in [6, 6.07) is 6.71. The Balaban J connectivity index is 2.28. The van der Waals surface area contributed by atoms with Crippen LogP contribution >= 0.6 is 0 Å². The molecule has 3 rings (SSSR count). The third kappa shape index (κ3) is 1.30. The first-order valence-electron chi connectivity index (χ1n) is 5.56. The summed E-state index contributed by atoms with van der Waals surface area (Å²) in [5.74, 6) is 1.19. The smallest absolute Gasteiger partial charge is 0.109 e. The summed E-state index contributed by atoms with van der Waals surface area (Å²) in [6.07, 6.45) is 3.58. The molecule has 0 atom stereocenters. The third-order valence-electron chi connectivity index (χ3n) is 3.01. The summed E-state index contributed by atoms with van der Waals surface area (Å²) < 4.78 is 2.38. The first-order valence-corrected chi connectivity index (χ1v) is 5.56. The predicted octanol–water partition coefficient (Wildman–Crippen LogP) is 2.52. The number of hydrogen-bond acceptors (Lipinski definition) is 2. The highest BCUT2D eigenvalue weighted by Gasteiger charge is 2.27. The second-order valence-electron chi connectivity index (χ2n) is 4.23. The summed E-state index contributed by atoms with van der Waals surface area (Å²) in [4.78, 5) is 4.64. The lowest BCUT2D eigenvalue weighted by Gasteiger charge is -2.05. The molecule has 15 heavy (non-hydrogen) atoms. The molecular formula is C12H15N3. The van der Waals surface area contributed by atoms with Crippen LogP contribution < -0.4 is 5.73 Å². The van der Waals surface area contributed by atoms with E-state index >= 15 is 0 Å². The van der Waals surface area contributed by atoms with Crippen LogP contribution in [0.25, 0.3) is 11.0 Å². The highest BCUT2D eigenvalue weighted by molar-refractivity contribution is 5.80. The molecule has 0 spiro atoms. The van der Waals surface area contributed by atoms with E-state index in [2.05, 4.69) is 22.5 Å². The van der Waals surface area contributed by atoms with Crippen molar-refractivity contribution in [1.29, 1.82) is 0 Å². The zero-order valence-corrected chi connectivity index (χ0v) is 8.90. The van der Waals surface area contributed by atoms with Crippen LogP contribution in [0, 0.1) is 0 Å².